The van der Waals surface area contributed by atoms with Gasteiger partial charge >= 0.3 is 0 Å². The summed E-state index contributed by atoms with van der Waals surface area (Å²) in [6.45, 7) is 0.291. The maximum absolute atomic E-state index is 13.0. The molecule has 130 valence electrons. The first kappa shape index (κ1) is 16.2. The highest BCUT2D eigenvalue weighted by Gasteiger charge is 2.37. The first-order valence-corrected chi connectivity index (χ1v) is 9.79. The molecule has 0 bridgehead atoms. The molecule has 5 nitrogen and oxygen atoms in total. The van der Waals surface area contributed by atoms with Gasteiger partial charge in [-0.1, -0.05) is 18.2 Å². The van der Waals surface area contributed by atoms with Crippen molar-refractivity contribution in [3.63, 3.8) is 0 Å². The monoisotopic (exact) mass is 359 g/mol. The van der Waals surface area contributed by atoms with Gasteiger partial charge in [0.2, 0.25) is 10.0 Å². The second-order valence-electron chi connectivity index (χ2n) is 6.34. The van der Waals surface area contributed by atoms with Crippen LogP contribution < -0.4 is 0 Å². The van der Waals surface area contributed by atoms with E-state index in [9.17, 15) is 12.8 Å². The van der Waals surface area contributed by atoms with Gasteiger partial charge in [-0.15, -0.1) is 0 Å². The van der Waals surface area contributed by atoms with E-state index in [0.717, 1.165) is 24.2 Å². The van der Waals surface area contributed by atoms with Gasteiger partial charge in [-0.05, 0) is 42.7 Å². The molecule has 1 aromatic carbocycles. The fourth-order valence-electron chi connectivity index (χ4n) is 2.95. The lowest BCUT2D eigenvalue weighted by molar-refractivity contribution is 0.393. The number of imidazole rings is 1. The van der Waals surface area contributed by atoms with Gasteiger partial charge < -0.3 is 4.40 Å². The zero-order valence-corrected chi connectivity index (χ0v) is 14.4. The Balaban J connectivity index is 1.61. The van der Waals surface area contributed by atoms with Gasteiger partial charge in [-0.25, -0.2) is 17.8 Å². The molecule has 0 saturated heterocycles. The van der Waals surface area contributed by atoms with Crippen LogP contribution in [0.3, 0.4) is 0 Å². The quantitative estimate of drug-likeness (QED) is 0.680. The maximum Gasteiger partial charge on any atom is 0.218 e. The second kappa shape index (κ2) is 6.24. The summed E-state index contributed by atoms with van der Waals surface area (Å²) in [4.78, 5) is 4.33. The number of pyridine rings is 1. The van der Waals surface area contributed by atoms with E-state index in [-0.39, 0.29) is 17.6 Å². The summed E-state index contributed by atoms with van der Waals surface area (Å²) in [6, 6.07) is 11.3. The zero-order valence-electron chi connectivity index (χ0n) is 13.5. The number of benzene rings is 1. The molecule has 0 amide bonds. The number of nitrogens with zero attached hydrogens (tertiary/aromatic N) is 3. The summed E-state index contributed by atoms with van der Waals surface area (Å²) in [5, 5.41) is 0. The van der Waals surface area contributed by atoms with Gasteiger partial charge in [0.05, 0.1) is 24.2 Å². The Morgan fingerprint density at radius 3 is 2.64 bits per heavy atom. The van der Waals surface area contributed by atoms with Crippen molar-refractivity contribution in [2.45, 2.75) is 31.2 Å². The lowest BCUT2D eigenvalue weighted by Gasteiger charge is -2.21. The molecular formula is C18H18FN3O2S. The Hall–Kier alpha value is -2.25. The van der Waals surface area contributed by atoms with E-state index < -0.39 is 10.0 Å². The van der Waals surface area contributed by atoms with Crippen molar-refractivity contribution in [2.24, 2.45) is 0 Å². The third-order valence-corrected chi connectivity index (χ3v) is 6.23. The van der Waals surface area contributed by atoms with Gasteiger partial charge in [0.25, 0.3) is 0 Å². The molecule has 0 spiro atoms. The van der Waals surface area contributed by atoms with Crippen LogP contribution in [0.15, 0.2) is 54.9 Å². The number of rotatable bonds is 6. The number of fused-ring (bicyclic) bond motifs is 1. The molecule has 0 aliphatic heterocycles. The lowest BCUT2D eigenvalue weighted by atomic mass is 10.2. The minimum absolute atomic E-state index is 0.0414. The normalized spacial score (nSPS) is 15.1. The molecule has 0 unspecified atom stereocenters. The van der Waals surface area contributed by atoms with E-state index in [1.54, 1.807) is 10.5 Å². The van der Waals surface area contributed by atoms with Crippen molar-refractivity contribution >= 4 is 15.7 Å². The summed E-state index contributed by atoms with van der Waals surface area (Å²) in [7, 11) is -3.50. The highest BCUT2D eigenvalue weighted by molar-refractivity contribution is 7.88. The lowest BCUT2D eigenvalue weighted by Crippen LogP contribution is -2.34. The zero-order chi connectivity index (χ0) is 17.4. The van der Waals surface area contributed by atoms with Crippen molar-refractivity contribution in [3.8, 4) is 0 Å². The maximum atomic E-state index is 13.0. The Labute approximate surface area is 145 Å². The fourth-order valence-corrected chi connectivity index (χ4v) is 4.73. The number of halogens is 1. The van der Waals surface area contributed by atoms with Crippen molar-refractivity contribution in [1.29, 1.82) is 0 Å². The van der Waals surface area contributed by atoms with Crippen LogP contribution in [0, 0.1) is 5.82 Å². The molecule has 0 N–H and O–H groups in total. The van der Waals surface area contributed by atoms with Crippen molar-refractivity contribution < 1.29 is 12.8 Å². The minimum Gasteiger partial charge on any atom is -0.303 e. The molecule has 1 saturated carbocycles. The number of hydrogen-bond donors (Lipinski definition) is 0. The van der Waals surface area contributed by atoms with Gasteiger partial charge in [0.15, 0.2) is 0 Å². The molecule has 3 aromatic rings. The molecule has 7 heteroatoms. The van der Waals surface area contributed by atoms with Crippen LogP contribution in [-0.2, 0) is 22.3 Å². The second-order valence-corrected chi connectivity index (χ2v) is 8.26. The van der Waals surface area contributed by atoms with E-state index in [0.29, 0.717) is 12.1 Å². The van der Waals surface area contributed by atoms with E-state index in [1.807, 2.05) is 28.8 Å². The third kappa shape index (κ3) is 3.43. The molecule has 0 atom stereocenters. The SMILES string of the molecule is O=S(=O)(Cc1ccc(F)cc1)N(Cc1cnc2ccccn12)C1CC1. The average Bonchev–Trinajstić information content (AvgIpc) is 3.35. The van der Waals surface area contributed by atoms with Crippen molar-refractivity contribution in [1.82, 2.24) is 13.7 Å². The van der Waals surface area contributed by atoms with Crippen LogP contribution >= 0.6 is 0 Å². The highest BCUT2D eigenvalue weighted by atomic mass is 32.2. The summed E-state index contributed by atoms with van der Waals surface area (Å²) in [5.74, 6) is -0.494. The van der Waals surface area contributed by atoms with Gasteiger partial charge in [-0.3, -0.25) is 0 Å². The minimum atomic E-state index is -3.50. The topological polar surface area (TPSA) is 54.7 Å². The van der Waals surface area contributed by atoms with Crippen LogP contribution in [-0.4, -0.2) is 28.1 Å². The summed E-state index contributed by atoms with van der Waals surface area (Å²) >= 11 is 0. The van der Waals surface area contributed by atoms with E-state index in [1.165, 1.54) is 24.3 Å². The van der Waals surface area contributed by atoms with E-state index >= 15 is 0 Å². The smallest absolute Gasteiger partial charge is 0.218 e. The van der Waals surface area contributed by atoms with E-state index in [4.69, 9.17) is 0 Å². The highest BCUT2D eigenvalue weighted by Crippen LogP contribution is 2.32. The van der Waals surface area contributed by atoms with E-state index in [2.05, 4.69) is 4.98 Å². The number of aromatic nitrogens is 2. The Kier molecular flexibility index (Phi) is 4.05. The average molecular weight is 359 g/mol. The molecule has 1 fully saturated rings. The standard InChI is InChI=1S/C18H18FN3O2S/c19-15-6-4-14(5-7-15)13-25(23,24)22(16-8-9-16)12-17-11-20-18-3-1-2-10-21(17)18/h1-7,10-11,16H,8-9,12-13H2. The van der Waals surface area contributed by atoms with Crippen molar-refractivity contribution in [2.75, 3.05) is 0 Å². The predicted octanol–water partition coefficient (Wildman–Crippen LogP) is 2.97. The number of sulfonamides is 1. The van der Waals surface area contributed by atoms with Crippen LogP contribution in [0.2, 0.25) is 0 Å². The Morgan fingerprint density at radius 2 is 1.92 bits per heavy atom. The summed E-state index contributed by atoms with van der Waals surface area (Å²) < 4.78 is 42.4. The van der Waals surface area contributed by atoms with Gasteiger partial charge in [-0.2, -0.15) is 4.31 Å². The van der Waals surface area contributed by atoms with Crippen LogP contribution in [0.1, 0.15) is 24.1 Å². The molecule has 2 heterocycles. The molecule has 25 heavy (non-hydrogen) atoms. The molecule has 4 rings (SSSR count). The Morgan fingerprint density at radius 1 is 1.16 bits per heavy atom. The Bertz CT molecular complexity index is 995. The first-order chi connectivity index (χ1) is 12.0. The summed E-state index contributed by atoms with van der Waals surface area (Å²) in [5.41, 5.74) is 2.22. The molecular weight excluding hydrogens is 341 g/mol. The van der Waals surface area contributed by atoms with Gasteiger partial charge in [0, 0.05) is 12.2 Å². The predicted molar refractivity (Wildman–Crippen MR) is 92.8 cm³/mol. The molecule has 1 aliphatic carbocycles. The molecule has 0 radical (unpaired) electrons. The summed E-state index contributed by atoms with van der Waals surface area (Å²) in [6.07, 6.45) is 5.35. The number of hydrogen-bond acceptors (Lipinski definition) is 3. The van der Waals surface area contributed by atoms with Crippen molar-refractivity contribution in [3.05, 3.63) is 71.9 Å². The molecule has 2 aromatic heterocycles. The van der Waals surface area contributed by atoms with Crippen LogP contribution in [0.25, 0.3) is 5.65 Å². The first-order valence-electron chi connectivity index (χ1n) is 8.18. The van der Waals surface area contributed by atoms with Gasteiger partial charge in [0.1, 0.15) is 11.5 Å². The third-order valence-electron chi connectivity index (χ3n) is 4.39. The van der Waals surface area contributed by atoms with Crippen LogP contribution in [0.4, 0.5) is 4.39 Å². The molecule has 1 aliphatic rings. The largest absolute Gasteiger partial charge is 0.303 e. The fraction of sp³-hybridized carbons (Fsp3) is 0.278. The van der Waals surface area contributed by atoms with Crippen LogP contribution in [0.5, 0.6) is 0 Å².